The van der Waals surface area contributed by atoms with Crippen molar-refractivity contribution in [2.24, 2.45) is 5.41 Å². The number of likely N-dealkylation sites (tertiary alicyclic amines) is 1. The van der Waals surface area contributed by atoms with E-state index in [1.54, 1.807) is 0 Å². The van der Waals surface area contributed by atoms with Crippen LogP contribution in [0.5, 0.6) is 0 Å². The number of carbonyl (C=O) groups is 4. The van der Waals surface area contributed by atoms with E-state index in [1.807, 2.05) is 14.0 Å². The first-order valence-corrected chi connectivity index (χ1v) is 27.2. The second kappa shape index (κ2) is 37.8. The largest absolute Gasteiger partial charge is 0.461 e. The number of carbonyl (C=O) groups excluding carboxylic acids is 4. The third kappa shape index (κ3) is 27.4. The van der Waals surface area contributed by atoms with Gasteiger partial charge >= 0.3 is 23.9 Å². The molecule has 0 aliphatic carbocycles. The predicted octanol–water partition coefficient (Wildman–Crippen LogP) is 13.7. The predicted molar refractivity (Wildman–Crippen MR) is 259 cm³/mol. The van der Waals surface area contributed by atoms with Crippen LogP contribution in [0.25, 0.3) is 0 Å². The van der Waals surface area contributed by atoms with E-state index < -0.39 is 41.8 Å². The van der Waals surface area contributed by atoms with E-state index in [-0.39, 0.29) is 44.4 Å². The van der Waals surface area contributed by atoms with Gasteiger partial charge in [-0.15, -0.1) is 0 Å². The lowest BCUT2D eigenvalue weighted by Crippen LogP contribution is -2.47. The minimum Gasteiger partial charge on any atom is -0.461 e. The Kier molecular flexibility index (Phi) is 34.3. The minimum absolute atomic E-state index is 0.00601. The summed E-state index contributed by atoms with van der Waals surface area (Å²) in [6.07, 6.45) is 35.1. The maximum absolute atomic E-state index is 13.5. The first-order chi connectivity index (χ1) is 31.1. The van der Waals surface area contributed by atoms with Crippen molar-refractivity contribution in [3.63, 3.8) is 0 Å². The maximum atomic E-state index is 13.5. The first-order valence-electron chi connectivity index (χ1n) is 27.2. The molecule has 0 amide bonds. The number of hydrogen-bond donors (Lipinski definition) is 0. The molecule has 10 heteroatoms. The van der Waals surface area contributed by atoms with E-state index in [9.17, 15) is 19.2 Å². The molecule has 2 aliphatic rings. The van der Waals surface area contributed by atoms with E-state index in [2.05, 4.69) is 25.7 Å². The molecule has 0 saturated carbocycles. The van der Waals surface area contributed by atoms with E-state index in [0.29, 0.717) is 25.8 Å². The highest BCUT2D eigenvalue weighted by Gasteiger charge is 2.49. The Morgan fingerprint density at radius 2 is 0.922 bits per heavy atom. The molecule has 374 valence electrons. The van der Waals surface area contributed by atoms with Crippen molar-refractivity contribution >= 4 is 23.9 Å². The highest BCUT2D eigenvalue weighted by molar-refractivity contribution is 5.77. The van der Waals surface area contributed by atoms with Gasteiger partial charge in [0.05, 0.1) is 12.0 Å². The second-order valence-corrected chi connectivity index (χ2v) is 20.0. The van der Waals surface area contributed by atoms with Gasteiger partial charge in [0.2, 0.25) is 0 Å². The van der Waals surface area contributed by atoms with Crippen molar-refractivity contribution in [1.82, 2.24) is 4.90 Å². The lowest BCUT2D eigenvalue weighted by molar-refractivity contribution is -0.181. The highest BCUT2D eigenvalue weighted by Crippen LogP contribution is 2.32. The fraction of sp³-hybridized carbons (Fsp3) is 0.926. The molecular formula is C54H99NO9. The van der Waals surface area contributed by atoms with Crippen LogP contribution in [0.1, 0.15) is 259 Å². The summed E-state index contributed by atoms with van der Waals surface area (Å²) in [5, 5.41) is 0. The molecule has 2 unspecified atom stereocenters. The van der Waals surface area contributed by atoms with Crippen molar-refractivity contribution in [1.29, 1.82) is 0 Å². The smallest absolute Gasteiger partial charge is 0.313 e. The molecule has 0 aromatic rings. The Labute approximate surface area is 392 Å². The summed E-state index contributed by atoms with van der Waals surface area (Å²) in [5.41, 5.74) is -0.678. The van der Waals surface area contributed by atoms with Gasteiger partial charge in [0.1, 0.15) is 12.7 Å². The molecule has 2 saturated heterocycles. The average molecular weight is 906 g/mol. The number of nitrogens with zero attached hydrogens (tertiary/aromatic N) is 1. The average Bonchev–Trinajstić information content (AvgIpc) is 3.84. The Hall–Kier alpha value is -2.20. The molecule has 2 heterocycles. The van der Waals surface area contributed by atoms with Crippen LogP contribution >= 0.6 is 0 Å². The summed E-state index contributed by atoms with van der Waals surface area (Å²) < 4.78 is 30.4. The van der Waals surface area contributed by atoms with Crippen molar-refractivity contribution in [2.75, 3.05) is 33.4 Å². The normalized spacial score (nSPS) is 20.4. The van der Waals surface area contributed by atoms with Gasteiger partial charge < -0.3 is 28.6 Å². The van der Waals surface area contributed by atoms with Gasteiger partial charge in [-0.3, -0.25) is 19.2 Å². The van der Waals surface area contributed by atoms with Crippen LogP contribution in [0.15, 0.2) is 0 Å². The molecule has 5 atom stereocenters. The van der Waals surface area contributed by atoms with Crippen molar-refractivity contribution < 1.29 is 42.9 Å². The molecule has 0 N–H and O–H groups in total. The lowest BCUT2D eigenvalue weighted by atomic mass is 9.90. The quantitative estimate of drug-likeness (QED) is 0.0333. The number of esters is 4. The SMILES string of the molecule is CCCCCCCCCCCCCC(=O)O[C@H](COC(=O)C1(C)CCN(C)C1)C1OC[C@H](OC(=O)CCCCCCCCCCCC)[C@H]1OC(=O)CCCCCCCCCCCCC. The monoisotopic (exact) mass is 906 g/mol. The van der Waals surface area contributed by atoms with Gasteiger partial charge in [0, 0.05) is 25.8 Å². The maximum Gasteiger partial charge on any atom is 0.313 e. The number of rotatable bonds is 42. The standard InChI is InChI=1S/C54H99NO9/c1-6-9-12-15-18-21-24-27-30-32-35-38-48(56)62-46(44-61-53(59)54(4)41-42-55(5)45-54)51-52(64-50(58)40-37-34-31-28-25-22-19-16-13-10-7-2)47(43-60-51)63-49(57)39-36-33-29-26-23-20-17-14-11-8-3/h46-47,51-52H,6-45H2,1-5H3/t46-,47+,51?,52-,54?/m1/s1. The van der Waals surface area contributed by atoms with Crippen molar-refractivity contribution in [2.45, 2.75) is 283 Å². The first kappa shape index (κ1) is 57.9. The Morgan fingerprint density at radius 3 is 1.31 bits per heavy atom. The zero-order chi connectivity index (χ0) is 46.5. The number of ether oxygens (including phenoxy) is 5. The third-order valence-corrected chi connectivity index (χ3v) is 13.6. The molecular weight excluding hydrogens is 807 g/mol. The number of unbranched alkanes of at least 4 members (excludes halogenated alkanes) is 29. The van der Waals surface area contributed by atoms with E-state index in [4.69, 9.17) is 23.7 Å². The molecule has 10 nitrogen and oxygen atoms in total. The van der Waals surface area contributed by atoms with Crippen LogP contribution in [0, 0.1) is 5.41 Å². The number of hydrogen-bond acceptors (Lipinski definition) is 10. The molecule has 0 spiro atoms. The molecule has 64 heavy (non-hydrogen) atoms. The molecule has 0 aromatic heterocycles. The highest BCUT2D eigenvalue weighted by atomic mass is 16.7. The summed E-state index contributed by atoms with van der Waals surface area (Å²) in [5.74, 6) is -1.50. The van der Waals surface area contributed by atoms with Crippen LogP contribution in [0.2, 0.25) is 0 Å². The Bertz CT molecular complexity index is 1200. The van der Waals surface area contributed by atoms with E-state index in [0.717, 1.165) is 57.9 Å². The zero-order valence-corrected chi connectivity index (χ0v) is 42.2. The van der Waals surface area contributed by atoms with Gasteiger partial charge in [-0.05, 0) is 46.2 Å². The molecule has 0 bridgehead atoms. The Morgan fingerprint density at radius 1 is 0.547 bits per heavy atom. The fourth-order valence-corrected chi connectivity index (χ4v) is 9.35. The summed E-state index contributed by atoms with van der Waals surface area (Å²) >= 11 is 0. The van der Waals surface area contributed by atoms with Gasteiger partial charge in [0.25, 0.3) is 0 Å². The van der Waals surface area contributed by atoms with Gasteiger partial charge in [-0.2, -0.15) is 0 Å². The summed E-state index contributed by atoms with van der Waals surface area (Å²) in [6, 6.07) is 0. The Balaban J connectivity index is 2.03. The molecule has 2 aliphatic heterocycles. The summed E-state index contributed by atoms with van der Waals surface area (Å²) in [4.78, 5) is 55.8. The van der Waals surface area contributed by atoms with Crippen LogP contribution < -0.4 is 0 Å². The molecule has 0 aromatic carbocycles. The fourth-order valence-electron chi connectivity index (χ4n) is 9.35. The molecule has 2 fully saturated rings. The van der Waals surface area contributed by atoms with Gasteiger partial charge in [0.15, 0.2) is 18.3 Å². The topological polar surface area (TPSA) is 118 Å². The summed E-state index contributed by atoms with van der Waals surface area (Å²) in [6.45, 7) is 9.75. The molecule has 2 rings (SSSR count). The van der Waals surface area contributed by atoms with E-state index >= 15 is 0 Å². The van der Waals surface area contributed by atoms with Gasteiger partial charge in [-0.25, -0.2) is 0 Å². The van der Waals surface area contributed by atoms with Crippen LogP contribution in [0.3, 0.4) is 0 Å². The summed E-state index contributed by atoms with van der Waals surface area (Å²) in [7, 11) is 1.98. The molecule has 0 radical (unpaired) electrons. The van der Waals surface area contributed by atoms with Crippen LogP contribution in [-0.4, -0.2) is 86.5 Å². The van der Waals surface area contributed by atoms with Crippen LogP contribution in [0.4, 0.5) is 0 Å². The van der Waals surface area contributed by atoms with E-state index in [1.165, 1.54) is 141 Å². The lowest BCUT2D eigenvalue weighted by Gasteiger charge is -2.30. The van der Waals surface area contributed by atoms with Crippen molar-refractivity contribution in [3.05, 3.63) is 0 Å². The second-order valence-electron chi connectivity index (χ2n) is 20.0. The zero-order valence-electron chi connectivity index (χ0n) is 42.2. The minimum atomic E-state index is -1.03. The van der Waals surface area contributed by atoms with Gasteiger partial charge in [-0.1, -0.05) is 207 Å². The van der Waals surface area contributed by atoms with Crippen molar-refractivity contribution in [3.8, 4) is 0 Å². The third-order valence-electron chi connectivity index (χ3n) is 13.6. The van der Waals surface area contributed by atoms with Crippen LogP contribution in [-0.2, 0) is 42.9 Å².